The zero-order chi connectivity index (χ0) is 25.3. The third kappa shape index (κ3) is 8.06. The molecule has 0 spiro atoms. The van der Waals surface area contributed by atoms with E-state index in [2.05, 4.69) is 67.5 Å². The van der Waals surface area contributed by atoms with Crippen molar-refractivity contribution in [1.29, 1.82) is 0 Å². The standard InChI is InChI=1S/C30H42N2O2.Co.HI/c1-19-13-21(27(33)23(15-19)29(3,4)5)17-31-25-11-9-10-12-26(25)32-18-22-14-20(2)16-24(28(22)34)30(6,7)8;;/h13-18,25-26,33-34H,9-12H2,1-8H3;;1H/p-1/t25-,26-;;/m1../s1. The van der Waals surface area contributed by atoms with Crippen LogP contribution in [0, 0.1) is 13.8 Å². The van der Waals surface area contributed by atoms with Gasteiger partial charge in [-0.2, -0.15) is 0 Å². The average molecular weight is 649 g/mol. The minimum absolute atomic E-state index is 0. The number of hydrogen-bond donors (Lipinski definition) is 2. The molecule has 2 aromatic carbocycles. The van der Waals surface area contributed by atoms with Crippen LogP contribution in [0.5, 0.6) is 11.5 Å². The second-order valence-electron chi connectivity index (χ2n) is 12.0. The fraction of sp³-hybridized carbons (Fsp3) is 0.533. The van der Waals surface area contributed by atoms with Crippen LogP contribution in [-0.2, 0) is 27.6 Å². The number of hydrogen-bond acceptors (Lipinski definition) is 4. The smallest absolute Gasteiger partial charge is 0.128 e. The van der Waals surface area contributed by atoms with E-state index >= 15 is 0 Å². The molecule has 1 aliphatic rings. The molecular formula is C30H42CoIN2O2-. The molecule has 0 bridgehead atoms. The molecule has 2 aromatic rings. The molecule has 3 rings (SSSR count). The number of nitrogens with zero attached hydrogens (tertiary/aromatic N) is 2. The molecule has 0 amide bonds. The maximum Gasteiger partial charge on any atom is 0.128 e. The molecule has 1 fully saturated rings. The van der Waals surface area contributed by atoms with Gasteiger partial charge in [-0.25, -0.2) is 0 Å². The summed E-state index contributed by atoms with van der Waals surface area (Å²) in [6.45, 7) is 16.8. The molecular weight excluding hydrogens is 606 g/mol. The van der Waals surface area contributed by atoms with Crippen molar-refractivity contribution in [1.82, 2.24) is 0 Å². The van der Waals surface area contributed by atoms with Crippen molar-refractivity contribution in [3.63, 3.8) is 0 Å². The van der Waals surface area contributed by atoms with Gasteiger partial charge in [0.1, 0.15) is 11.5 Å². The van der Waals surface area contributed by atoms with Crippen molar-refractivity contribution in [3.8, 4) is 11.5 Å². The van der Waals surface area contributed by atoms with Gasteiger partial charge < -0.3 is 34.2 Å². The first-order valence-electron chi connectivity index (χ1n) is 12.5. The first-order chi connectivity index (χ1) is 15.8. The molecule has 1 aliphatic carbocycles. The summed E-state index contributed by atoms with van der Waals surface area (Å²) in [6.07, 6.45) is 7.88. The van der Waals surface area contributed by atoms with Gasteiger partial charge in [-0.15, -0.1) is 0 Å². The van der Waals surface area contributed by atoms with Gasteiger partial charge in [-0.05, 0) is 60.8 Å². The molecule has 0 heterocycles. The van der Waals surface area contributed by atoms with Gasteiger partial charge in [0, 0.05) is 51.5 Å². The van der Waals surface area contributed by atoms with E-state index in [0.29, 0.717) is 11.5 Å². The van der Waals surface area contributed by atoms with E-state index in [1.54, 1.807) is 0 Å². The maximum atomic E-state index is 10.9. The largest absolute Gasteiger partial charge is 1.00 e. The van der Waals surface area contributed by atoms with Crippen molar-refractivity contribution in [2.24, 2.45) is 9.98 Å². The Balaban J connectivity index is 0.00000324. The van der Waals surface area contributed by atoms with Crippen molar-refractivity contribution in [3.05, 3.63) is 57.6 Å². The third-order valence-corrected chi connectivity index (χ3v) is 6.69. The number of halogens is 1. The molecule has 4 nitrogen and oxygen atoms in total. The Labute approximate surface area is 245 Å². The molecule has 36 heavy (non-hydrogen) atoms. The van der Waals surface area contributed by atoms with Crippen LogP contribution in [0.3, 0.4) is 0 Å². The molecule has 1 radical (unpaired) electrons. The molecule has 6 heteroatoms. The van der Waals surface area contributed by atoms with Gasteiger partial charge >= 0.3 is 0 Å². The van der Waals surface area contributed by atoms with Crippen LogP contribution in [0.15, 0.2) is 34.3 Å². The van der Waals surface area contributed by atoms with Gasteiger partial charge in [0.2, 0.25) is 0 Å². The Morgan fingerprint density at radius 3 is 1.33 bits per heavy atom. The topological polar surface area (TPSA) is 65.2 Å². The Kier molecular flexibility index (Phi) is 11.7. The second-order valence-corrected chi connectivity index (χ2v) is 12.0. The predicted molar refractivity (Wildman–Crippen MR) is 144 cm³/mol. The molecule has 1 saturated carbocycles. The van der Waals surface area contributed by atoms with Crippen molar-refractivity contribution < 1.29 is 51.0 Å². The van der Waals surface area contributed by atoms with Gasteiger partial charge in [-0.3, -0.25) is 9.98 Å². The fourth-order valence-electron chi connectivity index (χ4n) is 4.75. The molecule has 201 valence electrons. The predicted octanol–water partition coefficient (Wildman–Crippen LogP) is 4.16. The molecule has 0 aliphatic heterocycles. The monoisotopic (exact) mass is 648 g/mol. The van der Waals surface area contributed by atoms with Crippen molar-refractivity contribution >= 4 is 12.4 Å². The van der Waals surface area contributed by atoms with Gasteiger partial charge in [0.25, 0.3) is 0 Å². The third-order valence-electron chi connectivity index (χ3n) is 6.69. The SMILES string of the molecule is Cc1cc(C=N[C@@H]2CCCC[C@H]2N=Cc2cc(C)cc(C(C)(C)C)c2O)c(O)c(C(C)(C)C)c1.[Co].[I-]. The molecule has 2 N–H and O–H groups in total. The van der Waals surface area contributed by atoms with Gasteiger partial charge in [0.05, 0.1) is 12.1 Å². The number of benzene rings is 2. The molecule has 0 aromatic heterocycles. The van der Waals surface area contributed by atoms with Crippen LogP contribution >= 0.6 is 0 Å². The van der Waals surface area contributed by atoms with Crippen LogP contribution in [0.1, 0.15) is 101 Å². The molecule has 2 atom stereocenters. The van der Waals surface area contributed by atoms with Crippen LogP contribution in [0.25, 0.3) is 0 Å². The second kappa shape index (κ2) is 12.9. The van der Waals surface area contributed by atoms with Crippen LogP contribution < -0.4 is 24.0 Å². The normalized spacial score (nSPS) is 18.8. The van der Waals surface area contributed by atoms with E-state index in [4.69, 9.17) is 9.98 Å². The van der Waals surface area contributed by atoms with E-state index in [1.165, 1.54) is 0 Å². The van der Waals surface area contributed by atoms with E-state index in [0.717, 1.165) is 59.1 Å². The van der Waals surface area contributed by atoms with E-state index in [9.17, 15) is 10.2 Å². The fourth-order valence-corrected chi connectivity index (χ4v) is 4.75. The number of aromatic hydroxyl groups is 2. The van der Waals surface area contributed by atoms with Crippen LogP contribution in [-0.4, -0.2) is 34.7 Å². The summed E-state index contributed by atoms with van der Waals surface area (Å²) in [5.41, 5.74) is 5.37. The Morgan fingerprint density at radius 2 is 1.03 bits per heavy atom. The number of phenolic OH excluding ortho intramolecular Hbond substituents is 2. The number of phenols is 2. The van der Waals surface area contributed by atoms with Crippen molar-refractivity contribution in [2.75, 3.05) is 0 Å². The van der Waals surface area contributed by atoms with Gasteiger partial charge in [-0.1, -0.05) is 66.5 Å². The van der Waals surface area contributed by atoms with Gasteiger partial charge in [0.15, 0.2) is 0 Å². The van der Waals surface area contributed by atoms with E-state index in [-0.39, 0.29) is 63.7 Å². The van der Waals surface area contributed by atoms with Crippen LogP contribution in [0.2, 0.25) is 0 Å². The summed E-state index contributed by atoms with van der Waals surface area (Å²) in [5, 5.41) is 21.8. The molecule has 0 saturated heterocycles. The first kappa shape index (κ1) is 32.6. The van der Waals surface area contributed by atoms with Crippen molar-refractivity contribution in [2.45, 2.75) is 104 Å². The summed E-state index contributed by atoms with van der Waals surface area (Å²) in [4.78, 5) is 9.82. The summed E-state index contributed by atoms with van der Waals surface area (Å²) in [7, 11) is 0. The zero-order valence-electron chi connectivity index (χ0n) is 22.9. The number of rotatable bonds is 4. The Morgan fingerprint density at radius 1 is 0.694 bits per heavy atom. The Hall–Kier alpha value is -1.38. The summed E-state index contributed by atoms with van der Waals surface area (Å²) in [6, 6.07) is 8.23. The molecule has 0 unspecified atom stereocenters. The zero-order valence-corrected chi connectivity index (χ0v) is 26.1. The average Bonchev–Trinajstić information content (AvgIpc) is 2.73. The summed E-state index contributed by atoms with van der Waals surface area (Å²) < 4.78 is 0. The number of aliphatic imine (C=N–C) groups is 2. The minimum Gasteiger partial charge on any atom is -1.00 e. The first-order valence-corrected chi connectivity index (χ1v) is 12.5. The van der Waals surface area contributed by atoms with E-state index < -0.39 is 0 Å². The maximum absolute atomic E-state index is 10.9. The summed E-state index contributed by atoms with van der Waals surface area (Å²) >= 11 is 0. The van der Waals surface area contributed by atoms with Crippen LogP contribution in [0.4, 0.5) is 0 Å². The minimum atomic E-state index is -0.141. The Bertz CT molecular complexity index is 1010. The number of aryl methyl sites for hydroxylation is 2. The van der Waals surface area contributed by atoms with E-state index in [1.807, 2.05) is 24.6 Å². The summed E-state index contributed by atoms with van der Waals surface area (Å²) in [5.74, 6) is 0.634. The quantitative estimate of drug-likeness (QED) is 0.387.